The summed E-state index contributed by atoms with van der Waals surface area (Å²) in [6, 6.07) is 7.33. The molecule has 0 saturated heterocycles. The zero-order valence-electron chi connectivity index (χ0n) is 12.0. The van der Waals surface area contributed by atoms with Crippen LogP contribution in [-0.4, -0.2) is 32.5 Å². The van der Waals surface area contributed by atoms with Crippen LogP contribution in [0, 0.1) is 0 Å². The van der Waals surface area contributed by atoms with Crippen LogP contribution in [0.5, 0.6) is 0 Å². The van der Waals surface area contributed by atoms with E-state index in [1.165, 1.54) is 0 Å². The van der Waals surface area contributed by atoms with Gasteiger partial charge in [-0.1, -0.05) is 34.6 Å². The minimum Gasteiger partial charge on any atom is -0.462 e. The second-order valence-electron chi connectivity index (χ2n) is 3.93. The Morgan fingerprint density at radius 1 is 1.25 bits per heavy atom. The molecule has 0 fully saturated rings. The van der Waals surface area contributed by atoms with E-state index in [0.717, 1.165) is 10.0 Å². The topological polar surface area (TPSA) is 55.4 Å². The van der Waals surface area contributed by atoms with Crippen LogP contribution in [0.2, 0.25) is 0 Å². The van der Waals surface area contributed by atoms with Crippen molar-refractivity contribution in [3.63, 3.8) is 0 Å². The number of hydrogen-bond acceptors (Lipinski definition) is 4. The lowest BCUT2D eigenvalue weighted by Gasteiger charge is -2.04. The predicted octanol–water partition coefficient (Wildman–Crippen LogP) is 2.52. The fraction of sp³-hybridized carbons (Fsp3) is 0.333. The van der Waals surface area contributed by atoms with Gasteiger partial charge in [0.25, 0.3) is 0 Å². The van der Waals surface area contributed by atoms with Crippen molar-refractivity contribution in [2.75, 3.05) is 20.7 Å². The quantitative estimate of drug-likeness (QED) is 0.387. The van der Waals surface area contributed by atoms with Crippen molar-refractivity contribution in [2.45, 2.75) is 13.3 Å². The van der Waals surface area contributed by atoms with E-state index in [2.05, 4.69) is 27.8 Å². The summed E-state index contributed by atoms with van der Waals surface area (Å²) < 4.78 is 5.66. The number of carbonyl (C=O) groups is 2. The molecule has 4 nitrogen and oxygen atoms in total. The van der Waals surface area contributed by atoms with Crippen molar-refractivity contribution in [2.24, 2.45) is 0 Å². The molecule has 0 heterocycles. The van der Waals surface area contributed by atoms with Gasteiger partial charge in [-0.15, -0.1) is 0 Å². The Balaban J connectivity index is 0.00000110. The Bertz CT molecular complexity index is 455. The molecule has 0 aliphatic carbocycles. The lowest BCUT2D eigenvalue weighted by Crippen LogP contribution is -2.16. The van der Waals surface area contributed by atoms with Crippen LogP contribution in [-0.2, 0) is 20.7 Å². The summed E-state index contributed by atoms with van der Waals surface area (Å²) in [6.07, 6.45) is 0.158. The average molecular weight is 342 g/mol. The van der Waals surface area contributed by atoms with E-state index in [0.29, 0.717) is 0 Å². The van der Waals surface area contributed by atoms with E-state index in [9.17, 15) is 9.59 Å². The summed E-state index contributed by atoms with van der Waals surface area (Å²) in [5, 5.41) is 2.75. The molecule has 110 valence electrons. The number of hydrogen-bond donors (Lipinski definition) is 1. The van der Waals surface area contributed by atoms with Crippen LogP contribution < -0.4 is 5.32 Å². The van der Waals surface area contributed by atoms with E-state index in [-0.39, 0.29) is 24.4 Å². The van der Waals surface area contributed by atoms with E-state index in [4.69, 9.17) is 4.74 Å². The summed E-state index contributed by atoms with van der Waals surface area (Å²) in [7, 11) is 3.75. The maximum absolute atomic E-state index is 11.7. The third kappa shape index (κ3) is 7.21. The monoisotopic (exact) mass is 341 g/mol. The normalized spacial score (nSPS) is 9.20. The molecular formula is C15H20BrNO3. The first-order valence-corrected chi connectivity index (χ1v) is 6.97. The number of nitrogens with one attached hydrogen (secondary N) is 1. The van der Waals surface area contributed by atoms with Gasteiger partial charge in [0.2, 0.25) is 0 Å². The third-order valence-electron chi connectivity index (χ3n) is 2.14. The molecule has 0 saturated carbocycles. The largest absolute Gasteiger partial charge is 0.462 e. The van der Waals surface area contributed by atoms with Gasteiger partial charge in [-0.25, -0.2) is 4.79 Å². The molecule has 1 N–H and O–H groups in total. The first-order chi connectivity index (χ1) is 9.46. The Morgan fingerprint density at radius 2 is 1.75 bits per heavy atom. The van der Waals surface area contributed by atoms with Crippen molar-refractivity contribution in [1.82, 2.24) is 5.32 Å². The SMILES string of the molecule is C=C(C(=O)Cc1ccc(Br)cc1)C(=O)OCC.CNC. The van der Waals surface area contributed by atoms with Gasteiger partial charge < -0.3 is 10.1 Å². The van der Waals surface area contributed by atoms with Gasteiger partial charge in [-0.05, 0) is 38.7 Å². The van der Waals surface area contributed by atoms with Crippen molar-refractivity contribution < 1.29 is 14.3 Å². The summed E-state index contributed by atoms with van der Waals surface area (Å²) in [5.74, 6) is -0.958. The van der Waals surface area contributed by atoms with Crippen molar-refractivity contribution in [3.8, 4) is 0 Å². The third-order valence-corrected chi connectivity index (χ3v) is 2.67. The van der Waals surface area contributed by atoms with Gasteiger partial charge in [0.15, 0.2) is 5.78 Å². The first-order valence-electron chi connectivity index (χ1n) is 6.18. The minimum atomic E-state index is -0.644. The Kier molecular flexibility index (Phi) is 9.59. The van der Waals surface area contributed by atoms with Crippen LogP contribution in [0.15, 0.2) is 40.9 Å². The van der Waals surface area contributed by atoms with Crippen LogP contribution in [0.3, 0.4) is 0 Å². The van der Waals surface area contributed by atoms with Gasteiger partial charge in [-0.3, -0.25) is 4.79 Å². The zero-order chi connectivity index (χ0) is 15.5. The number of halogens is 1. The van der Waals surface area contributed by atoms with Gasteiger partial charge in [0.1, 0.15) is 0 Å². The van der Waals surface area contributed by atoms with Gasteiger partial charge in [0, 0.05) is 10.9 Å². The minimum absolute atomic E-state index is 0.102. The molecule has 0 atom stereocenters. The van der Waals surface area contributed by atoms with Crippen LogP contribution in [0.1, 0.15) is 12.5 Å². The van der Waals surface area contributed by atoms with E-state index >= 15 is 0 Å². The van der Waals surface area contributed by atoms with Crippen molar-refractivity contribution in [3.05, 3.63) is 46.5 Å². The van der Waals surface area contributed by atoms with Gasteiger partial charge in [0.05, 0.1) is 12.2 Å². The molecule has 0 spiro atoms. The number of esters is 1. The standard InChI is InChI=1S/C13H13BrO3.C2H7N/c1-3-17-13(16)9(2)12(15)8-10-4-6-11(14)7-5-10;1-3-2/h4-7H,2-3,8H2,1H3;3H,1-2H3. The second-order valence-corrected chi connectivity index (χ2v) is 4.84. The van der Waals surface area contributed by atoms with Crippen LogP contribution in [0.25, 0.3) is 0 Å². The number of rotatable bonds is 5. The molecular weight excluding hydrogens is 322 g/mol. The van der Waals surface area contributed by atoms with Crippen molar-refractivity contribution in [1.29, 1.82) is 0 Å². The number of ether oxygens (including phenoxy) is 1. The Labute approximate surface area is 128 Å². The average Bonchev–Trinajstić information content (AvgIpc) is 2.41. The summed E-state index contributed by atoms with van der Waals surface area (Å²) >= 11 is 3.31. The highest BCUT2D eigenvalue weighted by atomic mass is 79.9. The zero-order valence-corrected chi connectivity index (χ0v) is 13.6. The maximum Gasteiger partial charge on any atom is 0.341 e. The van der Waals surface area contributed by atoms with E-state index in [1.54, 1.807) is 6.92 Å². The molecule has 0 aromatic heterocycles. The molecule has 1 rings (SSSR count). The summed E-state index contributed by atoms with van der Waals surface area (Å²) in [5.41, 5.74) is 0.735. The van der Waals surface area contributed by atoms with E-state index in [1.807, 2.05) is 38.4 Å². The number of benzene rings is 1. The number of carbonyl (C=O) groups excluding carboxylic acids is 2. The highest BCUT2D eigenvalue weighted by molar-refractivity contribution is 9.10. The first kappa shape index (κ1) is 18.5. The highest BCUT2D eigenvalue weighted by Crippen LogP contribution is 2.12. The molecule has 0 radical (unpaired) electrons. The van der Waals surface area contributed by atoms with Gasteiger partial charge in [-0.2, -0.15) is 0 Å². The molecule has 1 aromatic rings. The van der Waals surface area contributed by atoms with Crippen LogP contribution in [0.4, 0.5) is 0 Å². The number of Topliss-reactive ketones (excluding diaryl/α,β-unsaturated/α-hetero) is 1. The summed E-state index contributed by atoms with van der Waals surface area (Å²) in [6.45, 7) is 5.38. The van der Waals surface area contributed by atoms with Crippen molar-refractivity contribution >= 4 is 27.7 Å². The molecule has 0 amide bonds. The molecule has 0 unspecified atom stereocenters. The van der Waals surface area contributed by atoms with Gasteiger partial charge >= 0.3 is 5.97 Å². The number of ketones is 1. The molecule has 1 aromatic carbocycles. The fourth-order valence-corrected chi connectivity index (χ4v) is 1.49. The summed E-state index contributed by atoms with van der Waals surface area (Å²) in [4.78, 5) is 23.0. The second kappa shape index (κ2) is 10.3. The lowest BCUT2D eigenvalue weighted by molar-refractivity contribution is -0.139. The molecule has 20 heavy (non-hydrogen) atoms. The van der Waals surface area contributed by atoms with Crippen LogP contribution >= 0.6 is 15.9 Å². The lowest BCUT2D eigenvalue weighted by atomic mass is 10.0. The molecule has 0 aliphatic rings. The molecule has 5 heteroatoms. The smallest absolute Gasteiger partial charge is 0.341 e. The highest BCUT2D eigenvalue weighted by Gasteiger charge is 2.16. The maximum atomic E-state index is 11.7. The Hall–Kier alpha value is -1.46. The Morgan fingerprint density at radius 3 is 2.20 bits per heavy atom. The predicted molar refractivity (Wildman–Crippen MR) is 83.6 cm³/mol. The molecule has 0 aliphatic heterocycles. The van der Waals surface area contributed by atoms with E-state index < -0.39 is 5.97 Å². The fourth-order valence-electron chi connectivity index (χ4n) is 1.23. The molecule has 0 bridgehead atoms.